The maximum atomic E-state index is 6.08. The molecule has 1 aliphatic rings. The van der Waals surface area contributed by atoms with E-state index in [9.17, 15) is 0 Å². The van der Waals surface area contributed by atoms with Gasteiger partial charge in [-0.25, -0.2) is 0 Å². The van der Waals surface area contributed by atoms with Gasteiger partial charge in [-0.05, 0) is 11.5 Å². The number of nitrogens with two attached hydrogens (primary N) is 1. The molecule has 1 aromatic heterocycles. The van der Waals surface area contributed by atoms with Crippen molar-refractivity contribution < 1.29 is 0 Å². The van der Waals surface area contributed by atoms with Crippen molar-refractivity contribution in [2.75, 3.05) is 13.1 Å². The van der Waals surface area contributed by atoms with Gasteiger partial charge in [0.25, 0.3) is 0 Å². The zero-order chi connectivity index (χ0) is 13.2. The summed E-state index contributed by atoms with van der Waals surface area (Å²) in [6, 6.07) is 10.6. The first-order chi connectivity index (χ1) is 9.24. The van der Waals surface area contributed by atoms with E-state index in [1.165, 1.54) is 11.1 Å². The fourth-order valence-corrected chi connectivity index (χ4v) is 2.75. The quantitative estimate of drug-likeness (QED) is 0.881. The SMILES string of the molecule is CC1CN(Cc2cn[nH]c2-c2ccccc2)CC1N. The van der Waals surface area contributed by atoms with Crippen molar-refractivity contribution in [1.29, 1.82) is 0 Å². The van der Waals surface area contributed by atoms with Crippen LogP contribution in [0.3, 0.4) is 0 Å². The van der Waals surface area contributed by atoms with E-state index >= 15 is 0 Å². The van der Waals surface area contributed by atoms with E-state index in [4.69, 9.17) is 5.73 Å². The Morgan fingerprint density at radius 2 is 2.11 bits per heavy atom. The highest BCUT2D eigenvalue weighted by Gasteiger charge is 2.27. The maximum Gasteiger partial charge on any atom is 0.0695 e. The molecule has 100 valence electrons. The van der Waals surface area contributed by atoms with Crippen LogP contribution in [0, 0.1) is 5.92 Å². The Kier molecular flexibility index (Phi) is 3.36. The molecule has 3 N–H and O–H groups in total. The second-order valence-corrected chi connectivity index (χ2v) is 5.47. The zero-order valence-electron chi connectivity index (χ0n) is 11.2. The van der Waals surface area contributed by atoms with E-state index in [1.54, 1.807) is 0 Å². The van der Waals surface area contributed by atoms with Crippen molar-refractivity contribution in [1.82, 2.24) is 15.1 Å². The van der Waals surface area contributed by atoms with Crippen LogP contribution in [0.1, 0.15) is 12.5 Å². The van der Waals surface area contributed by atoms with E-state index < -0.39 is 0 Å². The fraction of sp³-hybridized carbons (Fsp3) is 0.400. The molecule has 19 heavy (non-hydrogen) atoms. The number of aromatic amines is 1. The van der Waals surface area contributed by atoms with Crippen LogP contribution in [0.25, 0.3) is 11.3 Å². The van der Waals surface area contributed by atoms with Crippen LogP contribution >= 0.6 is 0 Å². The van der Waals surface area contributed by atoms with Crippen LogP contribution in [0.15, 0.2) is 36.5 Å². The monoisotopic (exact) mass is 256 g/mol. The minimum absolute atomic E-state index is 0.298. The average Bonchev–Trinajstić information content (AvgIpc) is 2.99. The predicted octanol–water partition coefficient (Wildman–Crippen LogP) is 1.86. The Hall–Kier alpha value is -1.65. The predicted molar refractivity (Wildman–Crippen MR) is 76.4 cm³/mol. The molecule has 0 bridgehead atoms. The lowest BCUT2D eigenvalue weighted by Gasteiger charge is -2.15. The summed E-state index contributed by atoms with van der Waals surface area (Å²) < 4.78 is 0. The molecule has 2 heterocycles. The summed E-state index contributed by atoms with van der Waals surface area (Å²) in [4.78, 5) is 2.41. The Morgan fingerprint density at radius 1 is 1.32 bits per heavy atom. The summed E-state index contributed by atoms with van der Waals surface area (Å²) in [6.45, 7) is 5.18. The number of aromatic nitrogens is 2. The van der Waals surface area contributed by atoms with Crippen molar-refractivity contribution in [2.24, 2.45) is 11.7 Å². The lowest BCUT2D eigenvalue weighted by atomic mass is 10.1. The number of hydrogen-bond donors (Lipinski definition) is 2. The summed E-state index contributed by atoms with van der Waals surface area (Å²) in [5.74, 6) is 0.576. The summed E-state index contributed by atoms with van der Waals surface area (Å²) in [7, 11) is 0. The van der Waals surface area contributed by atoms with Crippen LogP contribution in [0.2, 0.25) is 0 Å². The van der Waals surface area contributed by atoms with Crippen LogP contribution in [0.4, 0.5) is 0 Å². The number of benzene rings is 1. The number of hydrogen-bond acceptors (Lipinski definition) is 3. The third kappa shape index (κ3) is 2.55. The first-order valence-electron chi connectivity index (χ1n) is 6.79. The van der Waals surface area contributed by atoms with Gasteiger partial charge in [0.1, 0.15) is 0 Å². The second-order valence-electron chi connectivity index (χ2n) is 5.47. The molecule has 1 aliphatic heterocycles. The summed E-state index contributed by atoms with van der Waals surface area (Å²) >= 11 is 0. The van der Waals surface area contributed by atoms with Crippen LogP contribution in [-0.2, 0) is 6.54 Å². The topological polar surface area (TPSA) is 57.9 Å². The molecule has 2 aromatic rings. The highest BCUT2D eigenvalue weighted by atomic mass is 15.2. The maximum absolute atomic E-state index is 6.08. The van der Waals surface area contributed by atoms with Gasteiger partial charge in [-0.3, -0.25) is 10.00 Å². The molecule has 0 saturated carbocycles. The summed E-state index contributed by atoms with van der Waals surface area (Å²) in [5, 5.41) is 7.31. The normalized spacial score (nSPS) is 23.9. The van der Waals surface area contributed by atoms with Crippen molar-refractivity contribution in [3.63, 3.8) is 0 Å². The van der Waals surface area contributed by atoms with E-state index in [0.29, 0.717) is 12.0 Å². The molecule has 1 fully saturated rings. The molecule has 4 nitrogen and oxygen atoms in total. The Labute approximate surface area is 113 Å². The van der Waals surface area contributed by atoms with Crippen LogP contribution in [-0.4, -0.2) is 34.2 Å². The number of nitrogens with one attached hydrogen (secondary N) is 1. The highest BCUT2D eigenvalue weighted by Crippen LogP contribution is 2.24. The molecule has 0 spiro atoms. The van der Waals surface area contributed by atoms with Gasteiger partial charge in [0.15, 0.2) is 0 Å². The Bertz CT molecular complexity index is 524. The summed E-state index contributed by atoms with van der Waals surface area (Å²) in [5.41, 5.74) is 9.63. The highest BCUT2D eigenvalue weighted by molar-refractivity contribution is 5.62. The van der Waals surface area contributed by atoms with Gasteiger partial charge in [-0.15, -0.1) is 0 Å². The van der Waals surface area contributed by atoms with Crippen LogP contribution < -0.4 is 5.73 Å². The largest absolute Gasteiger partial charge is 0.326 e. The van der Waals surface area contributed by atoms with Crippen LogP contribution in [0.5, 0.6) is 0 Å². The van der Waals surface area contributed by atoms with Gasteiger partial charge in [-0.2, -0.15) is 5.10 Å². The number of H-pyrrole nitrogens is 1. The molecular formula is C15H20N4. The minimum Gasteiger partial charge on any atom is -0.326 e. The standard InChI is InChI=1S/C15H20N4/c1-11-8-19(10-14(11)16)9-13-7-17-18-15(13)12-5-3-2-4-6-12/h2-7,11,14H,8-10,16H2,1H3,(H,17,18). The van der Waals surface area contributed by atoms with Gasteiger partial charge in [0.05, 0.1) is 11.9 Å². The number of rotatable bonds is 3. The first kappa shape index (κ1) is 12.4. The van der Waals surface area contributed by atoms with Gasteiger partial charge < -0.3 is 5.73 Å². The van der Waals surface area contributed by atoms with Crippen molar-refractivity contribution in [2.45, 2.75) is 19.5 Å². The summed E-state index contributed by atoms with van der Waals surface area (Å²) in [6.07, 6.45) is 1.93. The molecule has 2 atom stereocenters. The van der Waals surface area contributed by atoms with E-state index in [0.717, 1.165) is 25.3 Å². The van der Waals surface area contributed by atoms with Gasteiger partial charge in [-0.1, -0.05) is 37.3 Å². The Balaban J connectivity index is 1.78. The van der Waals surface area contributed by atoms with E-state index in [1.807, 2.05) is 24.4 Å². The molecule has 0 aliphatic carbocycles. The number of likely N-dealkylation sites (tertiary alicyclic amines) is 1. The molecule has 0 radical (unpaired) electrons. The van der Waals surface area contributed by atoms with Crippen molar-refractivity contribution in [3.8, 4) is 11.3 Å². The Morgan fingerprint density at radius 3 is 2.79 bits per heavy atom. The molecule has 3 rings (SSSR count). The lowest BCUT2D eigenvalue weighted by Crippen LogP contribution is -2.28. The van der Waals surface area contributed by atoms with E-state index in [2.05, 4.69) is 34.2 Å². The molecule has 4 heteroatoms. The van der Waals surface area contributed by atoms with Gasteiger partial charge in [0, 0.05) is 31.2 Å². The first-order valence-corrected chi connectivity index (χ1v) is 6.79. The van der Waals surface area contributed by atoms with E-state index in [-0.39, 0.29) is 0 Å². The molecular weight excluding hydrogens is 236 g/mol. The fourth-order valence-electron chi connectivity index (χ4n) is 2.75. The third-order valence-electron chi connectivity index (χ3n) is 3.92. The average molecular weight is 256 g/mol. The van der Waals surface area contributed by atoms with Gasteiger partial charge >= 0.3 is 0 Å². The molecule has 0 amide bonds. The second kappa shape index (κ2) is 5.15. The minimum atomic E-state index is 0.298. The zero-order valence-corrected chi connectivity index (χ0v) is 11.2. The smallest absolute Gasteiger partial charge is 0.0695 e. The molecule has 1 aromatic carbocycles. The van der Waals surface area contributed by atoms with Crippen molar-refractivity contribution >= 4 is 0 Å². The lowest BCUT2D eigenvalue weighted by molar-refractivity contribution is 0.319. The third-order valence-corrected chi connectivity index (χ3v) is 3.92. The molecule has 2 unspecified atom stereocenters. The van der Waals surface area contributed by atoms with Crippen molar-refractivity contribution in [3.05, 3.63) is 42.1 Å². The molecule has 1 saturated heterocycles. The van der Waals surface area contributed by atoms with Gasteiger partial charge in [0.2, 0.25) is 0 Å². The number of nitrogens with zero attached hydrogens (tertiary/aromatic N) is 2.